The first-order valence-electron chi connectivity index (χ1n) is 1.62. The second kappa shape index (κ2) is 5.08. The minimum absolute atomic E-state index is 0. The molecule has 40 valence electrons. The summed E-state index contributed by atoms with van der Waals surface area (Å²) in [5.41, 5.74) is 0. The van der Waals surface area contributed by atoms with Crippen molar-refractivity contribution in [2.45, 2.75) is 6.92 Å². The summed E-state index contributed by atoms with van der Waals surface area (Å²) in [4.78, 5) is 8.56. The fraction of sp³-hybridized carbons (Fsp3) is 0.333. The SMILES string of the molecule is C/C([O-])=C/[N+](=O)[O-].[Na+]. The van der Waals surface area contributed by atoms with E-state index >= 15 is 0 Å². The molecule has 0 N–H and O–H groups in total. The van der Waals surface area contributed by atoms with E-state index in [1.807, 2.05) is 0 Å². The van der Waals surface area contributed by atoms with Crippen molar-refractivity contribution in [3.05, 3.63) is 22.1 Å². The molecule has 0 heterocycles. The van der Waals surface area contributed by atoms with E-state index in [1.165, 1.54) is 0 Å². The van der Waals surface area contributed by atoms with Crippen LogP contribution >= 0.6 is 0 Å². The van der Waals surface area contributed by atoms with Crippen LogP contribution in [-0.4, -0.2) is 4.92 Å². The van der Waals surface area contributed by atoms with E-state index in [0.717, 1.165) is 6.92 Å². The monoisotopic (exact) mass is 125 g/mol. The molecule has 0 aliphatic rings. The molecular weight excluding hydrogens is 121 g/mol. The van der Waals surface area contributed by atoms with Gasteiger partial charge in [0, 0.05) is 0 Å². The molecule has 0 saturated carbocycles. The molecule has 0 spiro atoms. The van der Waals surface area contributed by atoms with Gasteiger partial charge in [0.15, 0.2) is 0 Å². The molecule has 4 nitrogen and oxygen atoms in total. The zero-order valence-electron chi connectivity index (χ0n) is 4.75. The Balaban J connectivity index is 0. The third-order valence-electron chi connectivity index (χ3n) is 0.287. The predicted octanol–water partition coefficient (Wildman–Crippen LogP) is -3.51. The normalized spacial score (nSPS) is 9.88. The smallest absolute Gasteiger partial charge is 0.871 e. The minimum atomic E-state index is -0.775. The van der Waals surface area contributed by atoms with Crippen molar-refractivity contribution in [1.29, 1.82) is 0 Å². The van der Waals surface area contributed by atoms with Gasteiger partial charge in [-0.3, -0.25) is 10.1 Å². The van der Waals surface area contributed by atoms with Gasteiger partial charge in [-0.25, -0.2) is 0 Å². The maximum absolute atomic E-state index is 9.76. The largest absolute Gasteiger partial charge is 1.00 e. The molecule has 0 aromatic rings. The van der Waals surface area contributed by atoms with Gasteiger partial charge in [-0.1, -0.05) is 5.76 Å². The average Bonchev–Trinajstić information content (AvgIpc) is 1.27. The van der Waals surface area contributed by atoms with Crippen LogP contribution in [0.4, 0.5) is 0 Å². The first-order chi connectivity index (χ1) is 3.13. The van der Waals surface area contributed by atoms with Crippen LogP contribution in [0.15, 0.2) is 12.0 Å². The van der Waals surface area contributed by atoms with E-state index in [1.54, 1.807) is 0 Å². The molecule has 0 rings (SSSR count). The molecule has 0 unspecified atom stereocenters. The Hall–Kier alpha value is -0.0600. The molecule has 5 heteroatoms. The van der Waals surface area contributed by atoms with Gasteiger partial charge in [0.2, 0.25) is 6.20 Å². The Morgan fingerprint density at radius 2 is 2.12 bits per heavy atom. The topological polar surface area (TPSA) is 66.2 Å². The van der Waals surface area contributed by atoms with Crippen LogP contribution in [0.3, 0.4) is 0 Å². The van der Waals surface area contributed by atoms with Crippen molar-refractivity contribution >= 4 is 0 Å². The van der Waals surface area contributed by atoms with Gasteiger partial charge in [-0.05, 0) is 6.92 Å². The molecule has 0 fully saturated rings. The van der Waals surface area contributed by atoms with Gasteiger partial charge in [-0.2, -0.15) is 0 Å². The van der Waals surface area contributed by atoms with Gasteiger partial charge in [0.1, 0.15) is 0 Å². The summed E-state index contributed by atoms with van der Waals surface area (Å²) in [6.07, 6.45) is 0.417. The van der Waals surface area contributed by atoms with Gasteiger partial charge < -0.3 is 5.11 Å². The van der Waals surface area contributed by atoms with Gasteiger partial charge in [0.25, 0.3) is 0 Å². The van der Waals surface area contributed by atoms with E-state index in [2.05, 4.69) is 0 Å². The van der Waals surface area contributed by atoms with E-state index in [9.17, 15) is 15.2 Å². The molecule has 0 bridgehead atoms. The van der Waals surface area contributed by atoms with Crippen LogP contribution in [0.5, 0.6) is 0 Å². The number of hydrogen-bond donors (Lipinski definition) is 0. The number of allylic oxidation sites excluding steroid dienone is 1. The number of nitrogens with zero attached hydrogens (tertiary/aromatic N) is 1. The molecule has 0 radical (unpaired) electrons. The number of hydrogen-bond acceptors (Lipinski definition) is 3. The summed E-state index contributed by atoms with van der Waals surface area (Å²) in [6, 6.07) is 0. The summed E-state index contributed by atoms with van der Waals surface area (Å²) in [6.45, 7) is 1.13. The summed E-state index contributed by atoms with van der Waals surface area (Å²) >= 11 is 0. The number of nitro groups is 1. The molecule has 0 atom stereocenters. The minimum Gasteiger partial charge on any atom is -0.871 e. The summed E-state index contributed by atoms with van der Waals surface area (Å²) in [7, 11) is 0. The Bertz CT molecular complexity index is 107. The van der Waals surface area contributed by atoms with Crippen LogP contribution in [0.1, 0.15) is 6.92 Å². The number of rotatable bonds is 1. The summed E-state index contributed by atoms with van der Waals surface area (Å²) in [5, 5.41) is 19.1. The molecule has 0 amide bonds. The van der Waals surface area contributed by atoms with Crippen molar-refractivity contribution in [3.63, 3.8) is 0 Å². The van der Waals surface area contributed by atoms with E-state index in [0.29, 0.717) is 6.20 Å². The van der Waals surface area contributed by atoms with Crippen molar-refractivity contribution in [2.24, 2.45) is 0 Å². The molecular formula is C3H4NNaO3. The van der Waals surface area contributed by atoms with Gasteiger partial charge in [-0.15, -0.1) is 0 Å². The summed E-state index contributed by atoms with van der Waals surface area (Å²) in [5.74, 6) is -0.537. The van der Waals surface area contributed by atoms with Crippen LogP contribution < -0.4 is 34.7 Å². The maximum Gasteiger partial charge on any atom is 1.00 e. The van der Waals surface area contributed by atoms with Crippen LogP contribution in [0.2, 0.25) is 0 Å². The zero-order chi connectivity index (χ0) is 5.86. The zero-order valence-corrected chi connectivity index (χ0v) is 6.75. The van der Waals surface area contributed by atoms with Crippen LogP contribution in [0, 0.1) is 10.1 Å². The third-order valence-corrected chi connectivity index (χ3v) is 0.287. The molecule has 0 aliphatic heterocycles. The fourth-order valence-corrected chi connectivity index (χ4v) is 0.148. The molecule has 0 saturated heterocycles. The average molecular weight is 125 g/mol. The molecule has 8 heavy (non-hydrogen) atoms. The fourth-order valence-electron chi connectivity index (χ4n) is 0.148. The predicted molar refractivity (Wildman–Crippen MR) is 20.8 cm³/mol. The van der Waals surface area contributed by atoms with Crippen molar-refractivity contribution in [3.8, 4) is 0 Å². The maximum atomic E-state index is 9.76. The first-order valence-corrected chi connectivity index (χ1v) is 1.62. The Labute approximate surface area is 68.6 Å². The Kier molecular flexibility index (Phi) is 6.89. The molecule has 0 aliphatic carbocycles. The van der Waals surface area contributed by atoms with Crippen LogP contribution in [-0.2, 0) is 0 Å². The first kappa shape index (κ1) is 10.8. The molecule has 0 aromatic carbocycles. The standard InChI is InChI=1S/C3H5NO3.Na/c1-3(5)2-4(6)7;/h2,5H,1H3;/q;+1/p-1/b3-2-;. The molecule has 0 aromatic heterocycles. The Morgan fingerprint density at radius 3 is 2.12 bits per heavy atom. The van der Waals surface area contributed by atoms with Crippen LogP contribution in [0.25, 0.3) is 0 Å². The van der Waals surface area contributed by atoms with E-state index in [-0.39, 0.29) is 29.6 Å². The second-order valence-corrected chi connectivity index (χ2v) is 1.03. The quantitative estimate of drug-likeness (QED) is 0.158. The van der Waals surface area contributed by atoms with Gasteiger partial charge >= 0.3 is 29.6 Å². The second-order valence-electron chi connectivity index (χ2n) is 1.03. The van der Waals surface area contributed by atoms with E-state index in [4.69, 9.17) is 0 Å². The third kappa shape index (κ3) is 9.34. The summed E-state index contributed by atoms with van der Waals surface area (Å²) < 4.78 is 0. The van der Waals surface area contributed by atoms with Crippen molar-refractivity contribution < 1.29 is 39.6 Å². The Morgan fingerprint density at radius 1 is 1.75 bits per heavy atom. The van der Waals surface area contributed by atoms with Gasteiger partial charge in [0.05, 0.1) is 4.92 Å². The van der Waals surface area contributed by atoms with E-state index < -0.39 is 10.7 Å². The van der Waals surface area contributed by atoms with Crippen molar-refractivity contribution in [2.75, 3.05) is 0 Å². The van der Waals surface area contributed by atoms with Crippen molar-refractivity contribution in [1.82, 2.24) is 0 Å².